The molecule has 78 valence electrons. The van der Waals surface area contributed by atoms with Crippen LogP contribution >= 0.6 is 0 Å². The molecule has 0 aliphatic carbocycles. The Morgan fingerprint density at radius 2 is 1.73 bits per heavy atom. The van der Waals surface area contributed by atoms with Crippen LogP contribution in [0, 0.1) is 24.4 Å². The number of aromatic nitrogens is 2. The highest BCUT2D eigenvalue weighted by atomic mass is 19.2. The predicted octanol–water partition coefficient (Wildman–Crippen LogP) is 2.60. The molecule has 15 heavy (non-hydrogen) atoms. The van der Waals surface area contributed by atoms with Crippen LogP contribution < -0.4 is 0 Å². The molecule has 2 aromatic rings. The molecule has 0 fully saturated rings. The SMILES string of the molecule is Cc1cn(-c2cc(F)c(F)cc2F)cn1. The number of imidazole rings is 1. The fraction of sp³-hybridized carbons (Fsp3) is 0.100. The molecule has 2 nitrogen and oxygen atoms in total. The molecule has 0 spiro atoms. The summed E-state index contributed by atoms with van der Waals surface area (Å²) in [7, 11) is 0. The van der Waals surface area contributed by atoms with Gasteiger partial charge in [0.25, 0.3) is 0 Å². The van der Waals surface area contributed by atoms with Crippen LogP contribution in [-0.2, 0) is 0 Å². The molecule has 0 N–H and O–H groups in total. The molecular formula is C10H7F3N2. The first kappa shape index (κ1) is 9.76. The second kappa shape index (κ2) is 3.42. The zero-order valence-electron chi connectivity index (χ0n) is 7.84. The minimum absolute atomic E-state index is 0.0606. The van der Waals surface area contributed by atoms with Gasteiger partial charge in [-0.05, 0) is 6.92 Å². The van der Waals surface area contributed by atoms with Crippen LogP contribution in [0.15, 0.2) is 24.7 Å². The molecular weight excluding hydrogens is 205 g/mol. The minimum atomic E-state index is -1.20. The molecule has 0 bridgehead atoms. The highest BCUT2D eigenvalue weighted by Gasteiger charge is 2.11. The van der Waals surface area contributed by atoms with Gasteiger partial charge < -0.3 is 4.57 Å². The van der Waals surface area contributed by atoms with Gasteiger partial charge in [-0.25, -0.2) is 18.2 Å². The van der Waals surface area contributed by atoms with Crippen molar-refractivity contribution in [1.29, 1.82) is 0 Å². The average Bonchev–Trinajstić information content (AvgIpc) is 2.58. The molecule has 1 aromatic carbocycles. The van der Waals surface area contributed by atoms with E-state index in [1.807, 2.05) is 0 Å². The van der Waals surface area contributed by atoms with Crippen molar-refractivity contribution in [2.45, 2.75) is 6.92 Å². The van der Waals surface area contributed by atoms with Crippen LogP contribution in [0.25, 0.3) is 5.69 Å². The van der Waals surface area contributed by atoms with Crippen LogP contribution in [0.1, 0.15) is 5.69 Å². The van der Waals surface area contributed by atoms with E-state index in [2.05, 4.69) is 4.98 Å². The fourth-order valence-electron chi connectivity index (χ4n) is 1.26. The minimum Gasteiger partial charge on any atom is -0.303 e. The largest absolute Gasteiger partial charge is 0.303 e. The highest BCUT2D eigenvalue weighted by Crippen LogP contribution is 2.17. The highest BCUT2D eigenvalue weighted by molar-refractivity contribution is 5.34. The third-order valence-electron chi connectivity index (χ3n) is 1.98. The van der Waals surface area contributed by atoms with E-state index in [1.54, 1.807) is 6.92 Å². The van der Waals surface area contributed by atoms with Crippen LogP contribution in [0.4, 0.5) is 13.2 Å². The van der Waals surface area contributed by atoms with E-state index in [4.69, 9.17) is 0 Å². The molecule has 0 aliphatic heterocycles. The van der Waals surface area contributed by atoms with Gasteiger partial charge in [-0.2, -0.15) is 0 Å². The standard InChI is InChI=1S/C10H7F3N2/c1-6-4-15(5-14-6)10-3-8(12)7(11)2-9(10)13/h2-5H,1H3. The first-order chi connectivity index (χ1) is 7.08. The second-order valence-electron chi connectivity index (χ2n) is 3.14. The smallest absolute Gasteiger partial charge is 0.161 e. The summed E-state index contributed by atoms with van der Waals surface area (Å²) in [5.41, 5.74) is 0.605. The summed E-state index contributed by atoms with van der Waals surface area (Å²) >= 11 is 0. The molecule has 0 saturated carbocycles. The average molecular weight is 212 g/mol. The van der Waals surface area contributed by atoms with Gasteiger partial charge in [0.1, 0.15) is 5.82 Å². The Hall–Kier alpha value is -1.78. The zero-order chi connectivity index (χ0) is 11.0. The summed E-state index contributed by atoms with van der Waals surface area (Å²) < 4.78 is 40.1. The Balaban J connectivity index is 2.58. The van der Waals surface area contributed by atoms with E-state index in [0.29, 0.717) is 11.8 Å². The third-order valence-corrected chi connectivity index (χ3v) is 1.98. The van der Waals surface area contributed by atoms with E-state index < -0.39 is 17.5 Å². The number of benzene rings is 1. The first-order valence-electron chi connectivity index (χ1n) is 4.23. The Kier molecular flexibility index (Phi) is 2.22. The number of rotatable bonds is 1. The third kappa shape index (κ3) is 1.72. The maximum absolute atomic E-state index is 13.3. The van der Waals surface area contributed by atoms with E-state index >= 15 is 0 Å². The Morgan fingerprint density at radius 3 is 2.33 bits per heavy atom. The lowest BCUT2D eigenvalue weighted by molar-refractivity contribution is 0.493. The zero-order valence-corrected chi connectivity index (χ0v) is 7.84. The van der Waals surface area contributed by atoms with Crippen molar-refractivity contribution in [3.8, 4) is 5.69 Å². The molecule has 2 rings (SSSR count). The Bertz CT molecular complexity index is 505. The van der Waals surface area contributed by atoms with Gasteiger partial charge >= 0.3 is 0 Å². The molecule has 0 amide bonds. The lowest BCUT2D eigenvalue weighted by atomic mass is 10.3. The molecule has 0 unspecified atom stereocenters. The van der Waals surface area contributed by atoms with Crippen LogP contribution in [0.3, 0.4) is 0 Å². The van der Waals surface area contributed by atoms with Gasteiger partial charge in [-0.1, -0.05) is 0 Å². The van der Waals surface area contributed by atoms with Gasteiger partial charge in [-0.15, -0.1) is 0 Å². The molecule has 0 saturated heterocycles. The van der Waals surface area contributed by atoms with Crippen molar-refractivity contribution in [1.82, 2.24) is 9.55 Å². The fourth-order valence-corrected chi connectivity index (χ4v) is 1.26. The summed E-state index contributed by atoms with van der Waals surface area (Å²) in [6.45, 7) is 1.72. The summed E-state index contributed by atoms with van der Waals surface area (Å²) in [5.74, 6) is -3.11. The van der Waals surface area contributed by atoms with Crippen molar-refractivity contribution in [3.05, 3.63) is 47.8 Å². The predicted molar refractivity (Wildman–Crippen MR) is 48.2 cm³/mol. The quantitative estimate of drug-likeness (QED) is 0.664. The molecule has 1 aromatic heterocycles. The van der Waals surface area contributed by atoms with Crippen molar-refractivity contribution in [3.63, 3.8) is 0 Å². The van der Waals surface area contributed by atoms with Crippen molar-refractivity contribution < 1.29 is 13.2 Å². The molecule has 1 heterocycles. The molecule has 5 heteroatoms. The van der Waals surface area contributed by atoms with Gasteiger partial charge in [0.05, 0.1) is 17.7 Å². The number of hydrogen-bond acceptors (Lipinski definition) is 1. The lowest BCUT2D eigenvalue weighted by Crippen LogP contribution is -1.98. The number of hydrogen-bond donors (Lipinski definition) is 0. The summed E-state index contributed by atoms with van der Waals surface area (Å²) in [6, 6.07) is 1.31. The van der Waals surface area contributed by atoms with Crippen LogP contribution in [-0.4, -0.2) is 9.55 Å². The molecule has 0 aliphatic rings. The van der Waals surface area contributed by atoms with Gasteiger partial charge in [-0.3, -0.25) is 0 Å². The van der Waals surface area contributed by atoms with Gasteiger partial charge in [0, 0.05) is 18.3 Å². The monoisotopic (exact) mass is 212 g/mol. The first-order valence-corrected chi connectivity index (χ1v) is 4.23. The van der Waals surface area contributed by atoms with Crippen molar-refractivity contribution in [2.24, 2.45) is 0 Å². The summed E-state index contributed by atoms with van der Waals surface area (Å²) in [4.78, 5) is 3.87. The van der Waals surface area contributed by atoms with Gasteiger partial charge in [0.2, 0.25) is 0 Å². The van der Waals surface area contributed by atoms with E-state index in [9.17, 15) is 13.2 Å². The maximum Gasteiger partial charge on any atom is 0.161 e. The number of halogens is 3. The van der Waals surface area contributed by atoms with E-state index in [-0.39, 0.29) is 5.69 Å². The molecule has 0 radical (unpaired) electrons. The topological polar surface area (TPSA) is 17.8 Å². The number of nitrogens with zero attached hydrogens (tertiary/aromatic N) is 2. The van der Waals surface area contributed by atoms with Crippen LogP contribution in [0.5, 0.6) is 0 Å². The summed E-state index contributed by atoms with van der Waals surface area (Å²) in [5, 5.41) is 0. The van der Waals surface area contributed by atoms with E-state index in [0.717, 1.165) is 6.07 Å². The van der Waals surface area contributed by atoms with Crippen molar-refractivity contribution >= 4 is 0 Å². The second-order valence-corrected chi connectivity index (χ2v) is 3.14. The Morgan fingerprint density at radius 1 is 1.07 bits per heavy atom. The Labute approximate surface area is 84.0 Å². The maximum atomic E-state index is 13.3. The lowest BCUT2D eigenvalue weighted by Gasteiger charge is -2.04. The van der Waals surface area contributed by atoms with Crippen molar-refractivity contribution in [2.75, 3.05) is 0 Å². The molecule has 0 atom stereocenters. The summed E-state index contributed by atoms with van der Waals surface area (Å²) in [6.07, 6.45) is 2.86. The van der Waals surface area contributed by atoms with Crippen LogP contribution in [0.2, 0.25) is 0 Å². The number of aryl methyl sites for hydroxylation is 1. The van der Waals surface area contributed by atoms with E-state index in [1.165, 1.54) is 17.1 Å². The normalized spacial score (nSPS) is 10.7. The van der Waals surface area contributed by atoms with Gasteiger partial charge in [0.15, 0.2) is 11.6 Å².